The molecule has 58 heavy (non-hydrogen) atoms. The Kier molecular flexibility index (Phi) is 13.9. The maximum atomic E-state index is 13.9. The fourth-order valence-electron chi connectivity index (χ4n) is 7.53. The number of carbonyl (C=O) groups excluding carboxylic acids is 3. The number of carboxylic acids is 1. The van der Waals surface area contributed by atoms with Gasteiger partial charge in [0, 0.05) is 17.9 Å². The van der Waals surface area contributed by atoms with E-state index in [1.165, 1.54) is 12.1 Å². The highest BCUT2D eigenvalue weighted by molar-refractivity contribution is 8.00. The molecular formula is C44H56FN3O8SSi. The van der Waals surface area contributed by atoms with Crippen molar-refractivity contribution in [1.29, 1.82) is 0 Å². The zero-order chi connectivity index (χ0) is 41.6. The van der Waals surface area contributed by atoms with Crippen LogP contribution in [0.4, 0.5) is 10.1 Å². The van der Waals surface area contributed by atoms with Crippen LogP contribution >= 0.6 is 11.8 Å². The SMILES string of the molecule is CC(C)(C)[Si](C)(C)O[C@@H](CS[C@H]1C(=O)N(c2ccc(F)cc2)[C@@H]1c1ccc(OCC(=O)NCC(=O)N[C@H](CC2CCCCC2)C(=O)O)cc1)c1ccc2c(c1)CCO2. The molecular weight excluding hydrogens is 778 g/mol. The molecule has 312 valence electrons. The van der Waals surface area contributed by atoms with Gasteiger partial charge in [0.05, 0.1) is 25.3 Å². The third-order valence-electron chi connectivity index (χ3n) is 11.9. The summed E-state index contributed by atoms with van der Waals surface area (Å²) in [5, 5.41) is 14.2. The van der Waals surface area contributed by atoms with Crippen molar-refractivity contribution in [3.05, 3.63) is 89.2 Å². The van der Waals surface area contributed by atoms with Crippen molar-refractivity contribution < 1.29 is 42.6 Å². The number of halogens is 1. The van der Waals surface area contributed by atoms with E-state index in [4.69, 9.17) is 13.9 Å². The molecule has 3 N–H and O–H groups in total. The van der Waals surface area contributed by atoms with Crippen LogP contribution in [-0.2, 0) is 30.0 Å². The summed E-state index contributed by atoms with van der Waals surface area (Å²) in [6, 6.07) is 17.9. The number of β-lactam (4-membered cyclic amide) rings is 1. The molecule has 1 saturated heterocycles. The highest BCUT2D eigenvalue weighted by Crippen LogP contribution is 2.48. The van der Waals surface area contributed by atoms with Crippen molar-refractivity contribution in [3.63, 3.8) is 0 Å². The number of hydrogen-bond acceptors (Lipinski definition) is 8. The van der Waals surface area contributed by atoms with Crippen LogP contribution in [0.5, 0.6) is 11.5 Å². The van der Waals surface area contributed by atoms with Gasteiger partial charge in [0.2, 0.25) is 11.8 Å². The summed E-state index contributed by atoms with van der Waals surface area (Å²) in [5.74, 6) is -0.551. The van der Waals surface area contributed by atoms with E-state index < -0.39 is 43.2 Å². The van der Waals surface area contributed by atoms with Gasteiger partial charge in [-0.05, 0) is 95.7 Å². The fourth-order valence-corrected chi connectivity index (χ4v) is 10.3. The minimum absolute atomic E-state index is 0.0253. The maximum Gasteiger partial charge on any atom is 0.326 e. The minimum atomic E-state index is -2.22. The van der Waals surface area contributed by atoms with Gasteiger partial charge < -0.3 is 34.5 Å². The molecule has 0 aromatic heterocycles. The second-order valence-electron chi connectivity index (χ2n) is 17.0. The topological polar surface area (TPSA) is 143 Å². The molecule has 2 aliphatic heterocycles. The van der Waals surface area contributed by atoms with Crippen LogP contribution in [0.15, 0.2) is 66.7 Å². The molecule has 1 saturated carbocycles. The predicted molar refractivity (Wildman–Crippen MR) is 225 cm³/mol. The second-order valence-corrected chi connectivity index (χ2v) is 23.0. The summed E-state index contributed by atoms with van der Waals surface area (Å²) >= 11 is 1.55. The predicted octanol–water partition coefficient (Wildman–Crippen LogP) is 7.75. The van der Waals surface area contributed by atoms with E-state index in [2.05, 4.69) is 56.6 Å². The first-order chi connectivity index (χ1) is 27.6. The van der Waals surface area contributed by atoms with Gasteiger partial charge in [-0.1, -0.05) is 71.1 Å². The number of hydrogen-bond donors (Lipinski definition) is 3. The van der Waals surface area contributed by atoms with Gasteiger partial charge in [-0.15, -0.1) is 11.8 Å². The quantitative estimate of drug-likeness (QED) is 0.0920. The number of benzene rings is 3. The first-order valence-corrected chi connectivity index (χ1v) is 24.2. The van der Waals surface area contributed by atoms with Gasteiger partial charge in [0.1, 0.15) is 28.6 Å². The van der Waals surface area contributed by atoms with Crippen LogP contribution in [0.1, 0.15) is 88.1 Å². The van der Waals surface area contributed by atoms with Gasteiger partial charge in [0.15, 0.2) is 14.9 Å². The highest BCUT2D eigenvalue weighted by atomic mass is 32.2. The molecule has 3 aromatic carbocycles. The first-order valence-electron chi connectivity index (χ1n) is 20.2. The van der Waals surface area contributed by atoms with E-state index in [0.29, 0.717) is 30.2 Å². The van der Waals surface area contributed by atoms with Crippen molar-refractivity contribution >= 4 is 49.5 Å². The molecule has 11 nitrogen and oxygen atoms in total. The first kappa shape index (κ1) is 43.2. The number of anilines is 1. The van der Waals surface area contributed by atoms with Gasteiger partial charge in [-0.3, -0.25) is 14.4 Å². The molecule has 0 spiro atoms. The van der Waals surface area contributed by atoms with Gasteiger partial charge in [-0.2, -0.15) is 0 Å². The van der Waals surface area contributed by atoms with Crippen LogP contribution in [0, 0.1) is 11.7 Å². The van der Waals surface area contributed by atoms with Crippen molar-refractivity contribution in [2.45, 2.75) is 107 Å². The Bertz CT molecular complexity index is 1930. The summed E-state index contributed by atoms with van der Waals surface area (Å²) in [6.45, 7) is 11.0. The van der Waals surface area contributed by atoms with Gasteiger partial charge in [0.25, 0.3) is 5.91 Å². The molecule has 0 radical (unpaired) electrons. The molecule has 3 amide bonds. The number of nitrogens with zero attached hydrogens (tertiary/aromatic N) is 1. The smallest absolute Gasteiger partial charge is 0.326 e. The summed E-state index contributed by atoms with van der Waals surface area (Å²) in [6.07, 6.45) is 6.17. The van der Waals surface area contributed by atoms with Crippen LogP contribution in [0.3, 0.4) is 0 Å². The number of amides is 3. The third kappa shape index (κ3) is 10.6. The van der Waals surface area contributed by atoms with Crippen LogP contribution < -0.4 is 25.0 Å². The molecule has 4 atom stereocenters. The number of thioether (sulfide) groups is 1. The lowest BCUT2D eigenvalue weighted by atomic mass is 9.85. The molecule has 6 rings (SSSR count). The molecule has 1 aliphatic carbocycles. The van der Waals surface area contributed by atoms with E-state index in [1.54, 1.807) is 40.9 Å². The minimum Gasteiger partial charge on any atom is -0.493 e. The molecule has 3 aromatic rings. The number of ether oxygens (including phenoxy) is 2. The summed E-state index contributed by atoms with van der Waals surface area (Å²) in [5.41, 5.74) is 3.65. The van der Waals surface area contributed by atoms with Crippen molar-refractivity contribution in [2.75, 3.05) is 30.4 Å². The van der Waals surface area contributed by atoms with E-state index >= 15 is 0 Å². The molecule has 2 fully saturated rings. The number of aliphatic carboxylic acids is 1. The Balaban J connectivity index is 1.10. The lowest BCUT2D eigenvalue weighted by Gasteiger charge is -2.47. The van der Waals surface area contributed by atoms with Crippen LogP contribution in [0.2, 0.25) is 18.1 Å². The lowest BCUT2D eigenvalue weighted by molar-refractivity contribution is -0.142. The highest BCUT2D eigenvalue weighted by Gasteiger charge is 2.50. The average Bonchev–Trinajstić information content (AvgIpc) is 3.67. The van der Waals surface area contributed by atoms with Crippen molar-refractivity contribution in [1.82, 2.24) is 10.6 Å². The Labute approximate surface area is 345 Å². The Morgan fingerprint density at radius 1 is 1.00 bits per heavy atom. The van der Waals surface area contributed by atoms with E-state index in [0.717, 1.165) is 61.0 Å². The van der Waals surface area contributed by atoms with E-state index in [9.17, 15) is 28.7 Å². The normalized spacial score (nSPS) is 19.3. The van der Waals surface area contributed by atoms with E-state index in [-0.39, 0.29) is 42.2 Å². The Morgan fingerprint density at radius 3 is 2.38 bits per heavy atom. The maximum absolute atomic E-state index is 13.9. The van der Waals surface area contributed by atoms with Crippen LogP contribution in [0.25, 0.3) is 0 Å². The monoisotopic (exact) mass is 833 g/mol. The summed E-state index contributed by atoms with van der Waals surface area (Å²) in [4.78, 5) is 52.5. The molecule has 2 heterocycles. The zero-order valence-electron chi connectivity index (χ0n) is 34.1. The fraction of sp³-hybridized carbons (Fsp3) is 0.500. The third-order valence-corrected chi connectivity index (χ3v) is 17.7. The number of fused-ring (bicyclic) bond motifs is 1. The number of carboxylic acid groups (broad SMARTS) is 1. The second kappa shape index (κ2) is 18.7. The summed E-state index contributed by atoms with van der Waals surface area (Å²) in [7, 11) is -2.22. The number of rotatable bonds is 17. The average molecular weight is 834 g/mol. The van der Waals surface area contributed by atoms with Gasteiger partial charge in [-0.25, -0.2) is 9.18 Å². The number of carbonyl (C=O) groups is 4. The van der Waals surface area contributed by atoms with Crippen molar-refractivity contribution in [2.24, 2.45) is 5.92 Å². The summed E-state index contributed by atoms with van der Waals surface area (Å²) < 4.78 is 32.5. The zero-order valence-corrected chi connectivity index (χ0v) is 35.9. The molecule has 14 heteroatoms. The van der Waals surface area contributed by atoms with Crippen LogP contribution in [-0.4, -0.2) is 73.9 Å². The number of nitrogens with one attached hydrogen (secondary N) is 2. The Morgan fingerprint density at radius 2 is 1.71 bits per heavy atom. The largest absolute Gasteiger partial charge is 0.493 e. The van der Waals surface area contributed by atoms with E-state index in [1.807, 2.05) is 18.2 Å². The molecule has 0 unspecified atom stereocenters. The Hall–Kier alpha value is -4.40. The molecule has 0 bridgehead atoms. The standard InChI is InChI=1S/C44H56FN3O8SSi/c1-44(2,3)58(4,5)56-37(30-13-20-36-31(24-30)21-22-54-36)27-57-41-40(48(42(41)51)33-16-14-32(45)15-17-33)29-11-18-34(19-12-29)55-26-39(50)46-25-38(49)47-35(43(52)53)23-28-9-7-6-8-10-28/h11-20,24,28,35,37,40-41H,6-10,21-23,25-27H2,1-5H3,(H,46,50)(H,47,49)(H,52,53)/t35-,37+,40-,41-/m1/s1. The van der Waals surface area contributed by atoms with Gasteiger partial charge >= 0.3 is 5.97 Å². The molecule has 3 aliphatic rings. The lowest BCUT2D eigenvalue weighted by Crippen LogP contribution is -2.58. The van der Waals surface area contributed by atoms with Crippen molar-refractivity contribution in [3.8, 4) is 11.5 Å².